The number of para-hydroxylation sites is 2. The van der Waals surface area contributed by atoms with Crippen LogP contribution in [0.5, 0.6) is 5.75 Å². The molecule has 0 spiro atoms. The maximum absolute atomic E-state index is 13.7. The molecule has 0 saturated carbocycles. The summed E-state index contributed by atoms with van der Waals surface area (Å²) in [5.41, 5.74) is 1.27. The number of hydrogen-bond donors (Lipinski definition) is 2. The first kappa shape index (κ1) is 26.3. The lowest BCUT2D eigenvalue weighted by Gasteiger charge is -2.19. The van der Waals surface area contributed by atoms with E-state index in [1.54, 1.807) is 24.3 Å². The Balaban J connectivity index is 1.83. The average Bonchev–Trinajstić information content (AvgIpc) is 2.79. The second kappa shape index (κ2) is 11.4. The number of nitrogens with zero attached hydrogens (tertiary/aromatic N) is 2. The van der Waals surface area contributed by atoms with Crippen LogP contribution >= 0.6 is 0 Å². The van der Waals surface area contributed by atoms with Crippen LogP contribution in [-0.2, 0) is 11.6 Å². The van der Waals surface area contributed by atoms with Gasteiger partial charge in [0.2, 0.25) is 5.95 Å². The van der Waals surface area contributed by atoms with Gasteiger partial charge in [0.1, 0.15) is 17.1 Å². The smallest absolute Gasteiger partial charge is 0.421 e. The summed E-state index contributed by atoms with van der Waals surface area (Å²) >= 11 is 0. The van der Waals surface area contributed by atoms with Gasteiger partial charge in [-0.15, -0.1) is 0 Å². The van der Waals surface area contributed by atoms with E-state index in [-0.39, 0.29) is 17.2 Å². The second-order valence-corrected chi connectivity index (χ2v) is 9.44. The summed E-state index contributed by atoms with van der Waals surface area (Å²) in [7, 11) is 0. The Labute approximate surface area is 205 Å². The molecule has 0 fully saturated rings. The number of nitrogens with one attached hydrogen (secondary N) is 2. The van der Waals surface area contributed by atoms with Crippen molar-refractivity contribution in [3.8, 4) is 5.75 Å². The SMILES string of the molecule is CCCCCCOc1ccccc1Nc1nc(Nc2ccc(C(C)(C)C)cc2)ncc1C(F)(F)F. The molecule has 0 unspecified atom stereocenters. The van der Waals surface area contributed by atoms with Crippen LogP contribution in [0.15, 0.2) is 54.7 Å². The van der Waals surface area contributed by atoms with Gasteiger partial charge in [-0.05, 0) is 41.7 Å². The summed E-state index contributed by atoms with van der Waals surface area (Å²) < 4.78 is 47.0. The highest BCUT2D eigenvalue weighted by Crippen LogP contribution is 2.37. The number of alkyl halides is 3. The van der Waals surface area contributed by atoms with Crippen molar-refractivity contribution in [2.75, 3.05) is 17.2 Å². The van der Waals surface area contributed by atoms with E-state index in [1.165, 1.54) is 0 Å². The number of anilines is 4. The van der Waals surface area contributed by atoms with Crippen molar-refractivity contribution in [2.45, 2.75) is 65.0 Å². The van der Waals surface area contributed by atoms with Crippen LogP contribution < -0.4 is 15.4 Å². The zero-order chi connectivity index (χ0) is 25.5. The van der Waals surface area contributed by atoms with Crippen molar-refractivity contribution >= 4 is 23.1 Å². The fourth-order valence-electron chi connectivity index (χ4n) is 3.46. The summed E-state index contributed by atoms with van der Waals surface area (Å²) in [4.78, 5) is 8.05. The molecule has 0 atom stereocenters. The van der Waals surface area contributed by atoms with E-state index in [9.17, 15) is 13.2 Å². The van der Waals surface area contributed by atoms with E-state index in [4.69, 9.17) is 4.74 Å². The highest BCUT2D eigenvalue weighted by Gasteiger charge is 2.35. The molecule has 2 N–H and O–H groups in total. The fourth-order valence-corrected chi connectivity index (χ4v) is 3.46. The number of aromatic nitrogens is 2. The van der Waals surface area contributed by atoms with Gasteiger partial charge in [-0.25, -0.2) is 4.98 Å². The predicted octanol–water partition coefficient (Wildman–Crippen LogP) is 8.24. The third kappa shape index (κ3) is 7.60. The molecule has 3 aromatic rings. The summed E-state index contributed by atoms with van der Waals surface area (Å²) in [5, 5.41) is 5.81. The van der Waals surface area contributed by atoms with Crippen molar-refractivity contribution in [1.29, 1.82) is 0 Å². The maximum atomic E-state index is 13.7. The molecule has 0 aliphatic rings. The summed E-state index contributed by atoms with van der Waals surface area (Å²) in [6.45, 7) is 8.95. The van der Waals surface area contributed by atoms with Crippen LogP contribution in [0, 0.1) is 0 Å². The van der Waals surface area contributed by atoms with Crippen molar-refractivity contribution < 1.29 is 17.9 Å². The Morgan fingerprint density at radius 3 is 2.26 bits per heavy atom. The summed E-state index contributed by atoms with van der Waals surface area (Å²) in [6, 6.07) is 14.6. The quantitative estimate of drug-likeness (QED) is 0.283. The fraction of sp³-hybridized carbons (Fsp3) is 0.407. The molecular weight excluding hydrogens is 453 g/mol. The highest BCUT2D eigenvalue weighted by atomic mass is 19.4. The van der Waals surface area contributed by atoms with Gasteiger partial charge in [0, 0.05) is 11.9 Å². The summed E-state index contributed by atoms with van der Waals surface area (Å²) in [5.74, 6) is 0.188. The lowest BCUT2D eigenvalue weighted by atomic mass is 9.87. The molecule has 188 valence electrons. The number of halogens is 3. The number of benzene rings is 2. The Morgan fingerprint density at radius 2 is 1.60 bits per heavy atom. The maximum Gasteiger partial charge on any atom is 0.421 e. The molecule has 0 saturated heterocycles. The molecule has 1 aromatic heterocycles. The molecule has 0 aliphatic carbocycles. The predicted molar refractivity (Wildman–Crippen MR) is 135 cm³/mol. The number of unbranched alkanes of at least 4 members (excludes halogenated alkanes) is 3. The van der Waals surface area contributed by atoms with Crippen molar-refractivity contribution in [1.82, 2.24) is 9.97 Å². The monoisotopic (exact) mass is 486 g/mol. The molecule has 1 heterocycles. The largest absolute Gasteiger partial charge is 0.491 e. The van der Waals surface area contributed by atoms with Gasteiger partial charge in [0.25, 0.3) is 0 Å². The molecule has 5 nitrogen and oxygen atoms in total. The Hall–Kier alpha value is -3.29. The van der Waals surface area contributed by atoms with E-state index >= 15 is 0 Å². The molecule has 0 bridgehead atoms. The minimum absolute atomic E-state index is 0.00800. The number of ether oxygens (including phenoxy) is 1. The van der Waals surface area contributed by atoms with Crippen LogP contribution in [0.1, 0.15) is 64.5 Å². The lowest BCUT2D eigenvalue weighted by molar-refractivity contribution is -0.137. The van der Waals surface area contributed by atoms with Crippen molar-refractivity contribution in [2.24, 2.45) is 0 Å². The van der Waals surface area contributed by atoms with Gasteiger partial charge < -0.3 is 15.4 Å². The van der Waals surface area contributed by atoms with Gasteiger partial charge in [0.15, 0.2) is 0 Å². The van der Waals surface area contributed by atoms with Crippen LogP contribution in [0.4, 0.5) is 36.3 Å². The Bertz CT molecular complexity index is 1090. The van der Waals surface area contributed by atoms with Crippen LogP contribution in [0.3, 0.4) is 0 Å². The molecular formula is C27H33F3N4O. The van der Waals surface area contributed by atoms with E-state index in [2.05, 4.69) is 48.3 Å². The van der Waals surface area contributed by atoms with Gasteiger partial charge in [-0.3, -0.25) is 0 Å². The summed E-state index contributed by atoms with van der Waals surface area (Å²) in [6.07, 6.45) is 0.325. The van der Waals surface area contributed by atoms with E-state index in [0.29, 0.717) is 23.7 Å². The minimum atomic E-state index is -4.62. The number of hydrogen-bond acceptors (Lipinski definition) is 5. The first-order chi connectivity index (χ1) is 16.6. The minimum Gasteiger partial charge on any atom is -0.491 e. The molecule has 2 aromatic carbocycles. The highest BCUT2D eigenvalue weighted by molar-refractivity contribution is 5.67. The first-order valence-electron chi connectivity index (χ1n) is 11.9. The topological polar surface area (TPSA) is 59.1 Å². The first-order valence-corrected chi connectivity index (χ1v) is 11.9. The van der Waals surface area contributed by atoms with E-state index < -0.39 is 11.7 Å². The van der Waals surface area contributed by atoms with Gasteiger partial charge in [-0.1, -0.05) is 71.2 Å². The van der Waals surface area contributed by atoms with Gasteiger partial charge in [-0.2, -0.15) is 18.2 Å². The average molecular weight is 487 g/mol. The molecule has 0 aliphatic heterocycles. The zero-order valence-electron chi connectivity index (χ0n) is 20.7. The standard InChI is InChI=1S/C27H33F3N4O/c1-5-6-7-10-17-35-23-12-9-8-11-22(23)33-24-21(27(28,29)30)18-31-25(34-24)32-20-15-13-19(14-16-20)26(2,3)4/h8-9,11-16,18H,5-7,10,17H2,1-4H3,(H2,31,32,33,34). The molecule has 35 heavy (non-hydrogen) atoms. The Kier molecular flexibility index (Phi) is 8.59. The van der Waals surface area contributed by atoms with Crippen LogP contribution in [-0.4, -0.2) is 16.6 Å². The van der Waals surface area contributed by atoms with Crippen molar-refractivity contribution in [3.63, 3.8) is 0 Å². The van der Waals surface area contributed by atoms with Gasteiger partial charge >= 0.3 is 6.18 Å². The third-order valence-electron chi connectivity index (χ3n) is 5.50. The molecule has 0 amide bonds. The zero-order valence-corrected chi connectivity index (χ0v) is 20.7. The lowest BCUT2D eigenvalue weighted by Crippen LogP contribution is -2.13. The molecule has 3 rings (SSSR count). The van der Waals surface area contributed by atoms with Gasteiger partial charge in [0.05, 0.1) is 12.3 Å². The van der Waals surface area contributed by atoms with Crippen LogP contribution in [0.2, 0.25) is 0 Å². The third-order valence-corrected chi connectivity index (χ3v) is 5.50. The number of rotatable bonds is 10. The normalized spacial score (nSPS) is 11.9. The molecule has 0 radical (unpaired) electrons. The van der Waals surface area contributed by atoms with E-state index in [0.717, 1.165) is 37.4 Å². The molecule has 8 heteroatoms. The second-order valence-electron chi connectivity index (χ2n) is 9.44. The van der Waals surface area contributed by atoms with Crippen LogP contribution in [0.25, 0.3) is 0 Å². The Morgan fingerprint density at radius 1 is 0.886 bits per heavy atom. The van der Waals surface area contributed by atoms with E-state index in [1.807, 2.05) is 24.3 Å². The van der Waals surface area contributed by atoms with Crippen molar-refractivity contribution in [3.05, 3.63) is 65.9 Å².